The van der Waals surface area contributed by atoms with E-state index in [9.17, 15) is 14.9 Å². The number of nitrogens with zero attached hydrogens (tertiary/aromatic N) is 1. The number of nitro benzene ring substituents is 1. The van der Waals surface area contributed by atoms with Gasteiger partial charge in [-0.15, -0.1) is 0 Å². The zero-order valence-corrected chi connectivity index (χ0v) is 12.5. The predicted molar refractivity (Wildman–Crippen MR) is 87.0 cm³/mol. The lowest BCUT2D eigenvalue weighted by Crippen LogP contribution is -2.08. The number of hydrogen-bond donors (Lipinski definition) is 0. The van der Waals surface area contributed by atoms with Gasteiger partial charge in [-0.05, 0) is 47.2 Å². The Morgan fingerprint density at radius 3 is 2.30 bits per heavy atom. The molecular weight excluding hydrogens is 318 g/mol. The summed E-state index contributed by atoms with van der Waals surface area (Å²) >= 11 is 5.92. The molecule has 0 aromatic heterocycles. The quantitative estimate of drug-likeness (QED) is 0.304. The van der Waals surface area contributed by atoms with E-state index in [2.05, 4.69) is 0 Å². The topological polar surface area (TPSA) is 69.4 Å². The summed E-state index contributed by atoms with van der Waals surface area (Å²) in [5.74, 6) is -0.184. The first-order valence-electron chi connectivity index (χ1n) is 6.69. The van der Waals surface area contributed by atoms with Crippen LogP contribution >= 0.6 is 11.6 Å². The smallest absolute Gasteiger partial charge is 0.343 e. The highest BCUT2D eigenvalue weighted by molar-refractivity contribution is 6.31. The number of carbonyl (C=O) groups is 1. The number of benzene rings is 3. The molecule has 0 radical (unpaired) electrons. The number of hydrogen-bond acceptors (Lipinski definition) is 4. The van der Waals surface area contributed by atoms with E-state index < -0.39 is 10.9 Å². The molecule has 23 heavy (non-hydrogen) atoms. The number of non-ortho nitro benzene ring substituents is 1. The largest absolute Gasteiger partial charge is 0.423 e. The monoisotopic (exact) mass is 327 g/mol. The van der Waals surface area contributed by atoms with Crippen LogP contribution in [0.4, 0.5) is 5.69 Å². The van der Waals surface area contributed by atoms with Crippen molar-refractivity contribution in [3.05, 3.63) is 81.4 Å². The zero-order chi connectivity index (χ0) is 16.4. The van der Waals surface area contributed by atoms with E-state index in [1.807, 2.05) is 12.1 Å². The number of fused-ring (bicyclic) bond motifs is 1. The highest BCUT2D eigenvalue weighted by Crippen LogP contribution is 2.24. The molecule has 5 nitrogen and oxygen atoms in total. The fraction of sp³-hybridized carbons (Fsp3) is 0. The fourth-order valence-corrected chi connectivity index (χ4v) is 2.32. The maximum absolute atomic E-state index is 12.1. The maximum atomic E-state index is 12.1. The van der Waals surface area contributed by atoms with E-state index in [1.165, 1.54) is 24.3 Å². The summed E-state index contributed by atoms with van der Waals surface area (Å²) in [5, 5.41) is 13.1. The molecule has 3 aromatic carbocycles. The van der Waals surface area contributed by atoms with E-state index >= 15 is 0 Å². The molecular formula is C17H10ClNO4. The molecule has 0 unspecified atom stereocenters. The van der Waals surface area contributed by atoms with Gasteiger partial charge in [-0.1, -0.05) is 23.7 Å². The lowest BCUT2D eigenvalue weighted by atomic mass is 10.1. The minimum Gasteiger partial charge on any atom is -0.423 e. The average Bonchev–Trinajstić information content (AvgIpc) is 2.55. The van der Waals surface area contributed by atoms with Gasteiger partial charge in [0.1, 0.15) is 5.75 Å². The van der Waals surface area contributed by atoms with Gasteiger partial charge in [0.15, 0.2) is 0 Å². The van der Waals surface area contributed by atoms with Crippen molar-refractivity contribution in [2.24, 2.45) is 0 Å². The molecule has 6 heteroatoms. The summed E-state index contributed by atoms with van der Waals surface area (Å²) in [6.07, 6.45) is 0. The molecule has 3 rings (SSSR count). The summed E-state index contributed by atoms with van der Waals surface area (Å²) in [5.41, 5.74) is 0.163. The van der Waals surface area contributed by atoms with Gasteiger partial charge in [0.05, 0.1) is 10.5 Å². The van der Waals surface area contributed by atoms with Crippen LogP contribution in [-0.4, -0.2) is 10.9 Å². The number of rotatable bonds is 3. The molecule has 0 bridgehead atoms. The van der Waals surface area contributed by atoms with E-state index in [0.717, 1.165) is 10.8 Å². The van der Waals surface area contributed by atoms with Crippen molar-refractivity contribution in [3.8, 4) is 5.75 Å². The SMILES string of the molecule is O=C(Oc1ccc2cc(Cl)ccc2c1)c1ccc([N+](=O)[O-])cc1. The molecule has 0 aliphatic rings. The van der Waals surface area contributed by atoms with E-state index in [0.29, 0.717) is 10.8 Å². The van der Waals surface area contributed by atoms with Crippen molar-refractivity contribution < 1.29 is 14.5 Å². The van der Waals surface area contributed by atoms with Crippen molar-refractivity contribution in [3.63, 3.8) is 0 Å². The third-order valence-electron chi connectivity index (χ3n) is 3.30. The summed E-state index contributed by atoms with van der Waals surface area (Å²) < 4.78 is 5.30. The van der Waals surface area contributed by atoms with Crippen molar-refractivity contribution in [2.45, 2.75) is 0 Å². The molecule has 114 valence electrons. The minimum atomic E-state index is -0.576. The molecule has 0 N–H and O–H groups in total. The van der Waals surface area contributed by atoms with Crippen LogP contribution in [0.15, 0.2) is 60.7 Å². The Hall–Kier alpha value is -2.92. The molecule has 3 aromatic rings. The Bertz CT molecular complexity index is 906. The first-order chi connectivity index (χ1) is 11.0. The van der Waals surface area contributed by atoms with Crippen LogP contribution in [0.2, 0.25) is 5.02 Å². The van der Waals surface area contributed by atoms with E-state index in [1.54, 1.807) is 24.3 Å². The van der Waals surface area contributed by atoms with Crippen LogP contribution < -0.4 is 4.74 Å². The number of nitro groups is 1. The lowest BCUT2D eigenvalue weighted by molar-refractivity contribution is -0.384. The van der Waals surface area contributed by atoms with Crippen LogP contribution in [0, 0.1) is 10.1 Å². The molecule has 0 heterocycles. The highest BCUT2D eigenvalue weighted by Gasteiger charge is 2.11. The summed E-state index contributed by atoms with van der Waals surface area (Å²) in [6, 6.07) is 15.9. The molecule has 0 aliphatic heterocycles. The normalized spacial score (nSPS) is 10.5. The number of esters is 1. The van der Waals surface area contributed by atoms with Gasteiger partial charge in [-0.3, -0.25) is 10.1 Å². The second kappa shape index (κ2) is 6.06. The second-order valence-electron chi connectivity index (χ2n) is 4.85. The summed E-state index contributed by atoms with van der Waals surface area (Å²) in [7, 11) is 0. The third-order valence-corrected chi connectivity index (χ3v) is 3.53. The van der Waals surface area contributed by atoms with Crippen LogP contribution in [-0.2, 0) is 0 Å². The number of ether oxygens (including phenoxy) is 1. The van der Waals surface area contributed by atoms with E-state index in [4.69, 9.17) is 16.3 Å². The number of carbonyl (C=O) groups excluding carboxylic acids is 1. The van der Waals surface area contributed by atoms with Crippen molar-refractivity contribution >= 4 is 34.0 Å². The van der Waals surface area contributed by atoms with Crippen LogP contribution in [0.5, 0.6) is 5.75 Å². The molecule has 0 fully saturated rings. The molecule has 0 saturated heterocycles. The van der Waals surface area contributed by atoms with Crippen molar-refractivity contribution in [1.29, 1.82) is 0 Å². The third kappa shape index (κ3) is 3.30. The highest BCUT2D eigenvalue weighted by atomic mass is 35.5. The van der Waals surface area contributed by atoms with Gasteiger partial charge in [0, 0.05) is 17.2 Å². The Morgan fingerprint density at radius 2 is 1.61 bits per heavy atom. The van der Waals surface area contributed by atoms with Crippen LogP contribution in [0.1, 0.15) is 10.4 Å². The average molecular weight is 328 g/mol. The maximum Gasteiger partial charge on any atom is 0.343 e. The standard InChI is InChI=1S/C17H10ClNO4/c18-14-5-1-13-10-16(8-4-12(13)9-14)23-17(20)11-2-6-15(7-3-11)19(21)22/h1-10H. The van der Waals surface area contributed by atoms with Crippen molar-refractivity contribution in [1.82, 2.24) is 0 Å². The number of halogens is 1. The van der Waals surface area contributed by atoms with Gasteiger partial charge in [-0.25, -0.2) is 4.79 Å². The van der Waals surface area contributed by atoms with E-state index in [-0.39, 0.29) is 11.3 Å². The molecule has 0 spiro atoms. The van der Waals surface area contributed by atoms with Gasteiger partial charge in [0.2, 0.25) is 0 Å². The summed E-state index contributed by atoms with van der Waals surface area (Å²) in [4.78, 5) is 22.1. The Kier molecular flexibility index (Phi) is 3.95. The van der Waals surface area contributed by atoms with Crippen LogP contribution in [0.25, 0.3) is 10.8 Å². The molecule has 0 atom stereocenters. The van der Waals surface area contributed by atoms with Gasteiger partial charge in [0.25, 0.3) is 5.69 Å². The first-order valence-corrected chi connectivity index (χ1v) is 7.07. The summed E-state index contributed by atoms with van der Waals surface area (Å²) in [6.45, 7) is 0. The molecule has 0 aliphatic carbocycles. The Balaban J connectivity index is 1.82. The predicted octanol–water partition coefficient (Wildman–Crippen LogP) is 4.62. The van der Waals surface area contributed by atoms with Gasteiger partial charge >= 0.3 is 5.97 Å². The Morgan fingerprint density at radius 1 is 0.957 bits per heavy atom. The molecule has 0 amide bonds. The molecule has 0 saturated carbocycles. The van der Waals surface area contributed by atoms with Gasteiger partial charge in [-0.2, -0.15) is 0 Å². The minimum absolute atomic E-state index is 0.0795. The first kappa shape index (κ1) is 15.0. The second-order valence-corrected chi connectivity index (χ2v) is 5.28. The Labute approximate surface area is 136 Å². The fourth-order valence-electron chi connectivity index (χ4n) is 2.14. The van der Waals surface area contributed by atoms with Crippen LogP contribution in [0.3, 0.4) is 0 Å². The van der Waals surface area contributed by atoms with Gasteiger partial charge < -0.3 is 4.74 Å². The van der Waals surface area contributed by atoms with Crippen molar-refractivity contribution in [2.75, 3.05) is 0 Å². The lowest BCUT2D eigenvalue weighted by Gasteiger charge is -2.06. The zero-order valence-electron chi connectivity index (χ0n) is 11.7.